The van der Waals surface area contributed by atoms with Crippen LogP contribution in [0.4, 0.5) is 0 Å². The van der Waals surface area contributed by atoms with E-state index in [2.05, 4.69) is 4.90 Å². The number of hydrogen-bond donors (Lipinski definition) is 1. The van der Waals surface area contributed by atoms with Crippen LogP contribution in [0.25, 0.3) is 0 Å². The van der Waals surface area contributed by atoms with Crippen LogP contribution in [-0.2, 0) is 7.05 Å². The first-order valence-electron chi connectivity index (χ1n) is 8.01. The molecule has 2 heterocycles. The molecular formula is C18H23N3O2. The largest absolute Gasteiger partial charge is 0.387 e. The number of aromatic nitrogens is 1. The maximum absolute atomic E-state index is 12.5. The van der Waals surface area contributed by atoms with Gasteiger partial charge in [-0.3, -0.25) is 9.69 Å². The third-order valence-electron chi connectivity index (χ3n) is 4.44. The van der Waals surface area contributed by atoms with Gasteiger partial charge >= 0.3 is 0 Å². The number of carbonyl (C=O) groups is 1. The lowest BCUT2D eigenvalue weighted by Crippen LogP contribution is -2.49. The Hall–Kier alpha value is -2.11. The number of nitrogens with zero attached hydrogens (tertiary/aromatic N) is 3. The molecule has 23 heavy (non-hydrogen) atoms. The Morgan fingerprint density at radius 1 is 1.09 bits per heavy atom. The van der Waals surface area contributed by atoms with Gasteiger partial charge in [0.15, 0.2) is 0 Å². The lowest BCUT2D eigenvalue weighted by molar-refractivity contribution is 0.0520. The first-order valence-corrected chi connectivity index (χ1v) is 8.01. The van der Waals surface area contributed by atoms with Crippen LogP contribution in [0.2, 0.25) is 0 Å². The predicted octanol–water partition coefficient (Wildman–Crippen LogP) is 1.52. The van der Waals surface area contributed by atoms with E-state index >= 15 is 0 Å². The van der Waals surface area contributed by atoms with E-state index < -0.39 is 6.10 Å². The Balaban J connectivity index is 1.53. The molecule has 0 aliphatic carbocycles. The summed E-state index contributed by atoms with van der Waals surface area (Å²) in [6, 6.07) is 13.5. The summed E-state index contributed by atoms with van der Waals surface area (Å²) in [4.78, 5) is 16.6. The molecule has 1 aromatic carbocycles. The van der Waals surface area contributed by atoms with Gasteiger partial charge in [-0.15, -0.1) is 0 Å². The van der Waals surface area contributed by atoms with Crippen molar-refractivity contribution in [1.82, 2.24) is 14.4 Å². The summed E-state index contributed by atoms with van der Waals surface area (Å²) in [6.45, 7) is 3.59. The van der Waals surface area contributed by atoms with Gasteiger partial charge in [0, 0.05) is 46.0 Å². The Bertz CT molecular complexity index is 645. The van der Waals surface area contributed by atoms with E-state index in [-0.39, 0.29) is 5.91 Å². The summed E-state index contributed by atoms with van der Waals surface area (Å²) in [7, 11) is 1.89. The van der Waals surface area contributed by atoms with Crippen molar-refractivity contribution in [2.75, 3.05) is 32.7 Å². The number of aryl methyl sites for hydroxylation is 1. The average molecular weight is 313 g/mol. The van der Waals surface area contributed by atoms with Crippen molar-refractivity contribution in [3.63, 3.8) is 0 Å². The number of β-amino-alcohol motifs (C(OH)–C–C–N with tert-alkyl or cyclic N) is 1. The maximum atomic E-state index is 12.5. The lowest BCUT2D eigenvalue weighted by atomic mass is 10.1. The highest BCUT2D eigenvalue weighted by Crippen LogP contribution is 2.15. The van der Waals surface area contributed by atoms with Gasteiger partial charge in [-0.2, -0.15) is 0 Å². The fourth-order valence-electron chi connectivity index (χ4n) is 3.00. The number of aliphatic hydroxyl groups excluding tert-OH is 1. The van der Waals surface area contributed by atoms with Crippen LogP contribution in [0.15, 0.2) is 48.7 Å². The normalized spacial score (nSPS) is 17.2. The van der Waals surface area contributed by atoms with Crippen molar-refractivity contribution in [2.24, 2.45) is 7.05 Å². The van der Waals surface area contributed by atoms with Gasteiger partial charge in [0.05, 0.1) is 6.10 Å². The number of aliphatic hydroxyl groups is 1. The van der Waals surface area contributed by atoms with E-state index in [1.165, 1.54) is 0 Å². The molecule has 1 saturated heterocycles. The number of hydrogen-bond acceptors (Lipinski definition) is 3. The molecule has 0 saturated carbocycles. The molecule has 1 N–H and O–H groups in total. The minimum Gasteiger partial charge on any atom is -0.387 e. The van der Waals surface area contributed by atoms with Crippen LogP contribution in [-0.4, -0.2) is 58.1 Å². The van der Waals surface area contributed by atoms with E-state index in [1.54, 1.807) is 0 Å². The number of piperazine rings is 1. The summed E-state index contributed by atoms with van der Waals surface area (Å²) in [5.41, 5.74) is 1.66. The standard InChI is InChI=1S/C18H23N3O2/c1-19-9-5-8-16(19)18(23)21-12-10-20(11-13-21)14-17(22)15-6-3-2-4-7-15/h2-9,17,22H,10-14H2,1H3. The molecule has 0 spiro atoms. The quantitative estimate of drug-likeness (QED) is 0.931. The van der Waals surface area contributed by atoms with E-state index in [4.69, 9.17) is 0 Å². The van der Waals surface area contributed by atoms with Crippen LogP contribution in [0.5, 0.6) is 0 Å². The molecule has 1 aliphatic heterocycles. The molecule has 1 atom stereocenters. The molecular weight excluding hydrogens is 290 g/mol. The molecule has 122 valence electrons. The Labute approximate surface area is 136 Å². The highest BCUT2D eigenvalue weighted by Gasteiger charge is 2.24. The summed E-state index contributed by atoms with van der Waals surface area (Å²) in [5.74, 6) is 0.0840. The van der Waals surface area contributed by atoms with Crippen LogP contribution in [0.3, 0.4) is 0 Å². The number of benzene rings is 1. The van der Waals surface area contributed by atoms with Crippen LogP contribution >= 0.6 is 0 Å². The van der Waals surface area contributed by atoms with Crippen molar-refractivity contribution in [1.29, 1.82) is 0 Å². The van der Waals surface area contributed by atoms with Gasteiger partial charge in [-0.1, -0.05) is 30.3 Å². The minimum atomic E-state index is -0.480. The van der Waals surface area contributed by atoms with Crippen LogP contribution in [0, 0.1) is 0 Å². The number of carbonyl (C=O) groups excluding carboxylic acids is 1. The molecule has 2 aromatic rings. The third kappa shape index (κ3) is 3.63. The molecule has 0 bridgehead atoms. The van der Waals surface area contributed by atoms with Gasteiger partial charge in [0.2, 0.25) is 0 Å². The molecule has 5 heteroatoms. The molecule has 1 fully saturated rings. The fraction of sp³-hybridized carbons (Fsp3) is 0.389. The molecule has 0 radical (unpaired) electrons. The highest BCUT2D eigenvalue weighted by atomic mass is 16.3. The second-order valence-electron chi connectivity index (χ2n) is 6.02. The SMILES string of the molecule is Cn1cccc1C(=O)N1CCN(CC(O)c2ccccc2)CC1. The zero-order valence-electron chi connectivity index (χ0n) is 13.4. The lowest BCUT2D eigenvalue weighted by Gasteiger charge is -2.35. The first kappa shape index (κ1) is 15.8. The smallest absolute Gasteiger partial charge is 0.270 e. The summed E-state index contributed by atoms with van der Waals surface area (Å²) < 4.78 is 1.86. The molecule has 3 rings (SSSR count). The number of rotatable bonds is 4. The van der Waals surface area contributed by atoms with Gasteiger partial charge < -0.3 is 14.6 Å². The Morgan fingerprint density at radius 3 is 2.39 bits per heavy atom. The van der Waals surface area contributed by atoms with Gasteiger partial charge in [-0.25, -0.2) is 0 Å². The average Bonchev–Trinajstić information content (AvgIpc) is 3.02. The molecule has 1 aromatic heterocycles. The van der Waals surface area contributed by atoms with E-state index in [1.807, 2.05) is 65.2 Å². The predicted molar refractivity (Wildman–Crippen MR) is 89.2 cm³/mol. The van der Waals surface area contributed by atoms with Gasteiger partial charge in [-0.05, 0) is 17.7 Å². The molecule has 1 amide bonds. The minimum absolute atomic E-state index is 0.0840. The first-order chi connectivity index (χ1) is 11.1. The monoisotopic (exact) mass is 313 g/mol. The molecule has 5 nitrogen and oxygen atoms in total. The summed E-state index contributed by atoms with van der Waals surface area (Å²) >= 11 is 0. The van der Waals surface area contributed by atoms with E-state index in [0.29, 0.717) is 19.6 Å². The van der Waals surface area contributed by atoms with Gasteiger partial charge in [0.1, 0.15) is 5.69 Å². The van der Waals surface area contributed by atoms with Crippen LogP contribution < -0.4 is 0 Å². The van der Waals surface area contributed by atoms with E-state index in [9.17, 15) is 9.90 Å². The number of amides is 1. The van der Waals surface area contributed by atoms with Crippen molar-refractivity contribution < 1.29 is 9.90 Å². The Kier molecular flexibility index (Phi) is 4.79. The second-order valence-corrected chi connectivity index (χ2v) is 6.02. The Morgan fingerprint density at radius 2 is 1.78 bits per heavy atom. The molecule has 1 aliphatic rings. The fourth-order valence-corrected chi connectivity index (χ4v) is 3.00. The summed E-state index contributed by atoms with van der Waals surface area (Å²) in [6.07, 6.45) is 1.41. The second kappa shape index (κ2) is 6.98. The summed E-state index contributed by atoms with van der Waals surface area (Å²) in [5, 5.41) is 10.3. The third-order valence-corrected chi connectivity index (χ3v) is 4.44. The van der Waals surface area contributed by atoms with Crippen molar-refractivity contribution in [3.8, 4) is 0 Å². The molecule has 1 unspecified atom stereocenters. The van der Waals surface area contributed by atoms with Crippen molar-refractivity contribution >= 4 is 5.91 Å². The zero-order valence-corrected chi connectivity index (χ0v) is 13.4. The topological polar surface area (TPSA) is 48.7 Å². The van der Waals surface area contributed by atoms with Crippen LogP contribution in [0.1, 0.15) is 22.2 Å². The van der Waals surface area contributed by atoms with Crippen molar-refractivity contribution in [3.05, 3.63) is 59.9 Å². The highest BCUT2D eigenvalue weighted by molar-refractivity contribution is 5.92. The van der Waals surface area contributed by atoms with Crippen molar-refractivity contribution in [2.45, 2.75) is 6.10 Å². The van der Waals surface area contributed by atoms with Gasteiger partial charge in [0.25, 0.3) is 5.91 Å². The maximum Gasteiger partial charge on any atom is 0.270 e. The zero-order chi connectivity index (χ0) is 16.2. The van der Waals surface area contributed by atoms with E-state index in [0.717, 1.165) is 24.3 Å².